The number of pyridine rings is 1. The van der Waals surface area contributed by atoms with Crippen molar-refractivity contribution in [3.05, 3.63) is 78.0 Å². The van der Waals surface area contributed by atoms with Gasteiger partial charge in [0.1, 0.15) is 0 Å². The first-order valence-corrected chi connectivity index (χ1v) is 9.80. The summed E-state index contributed by atoms with van der Waals surface area (Å²) in [5, 5.41) is 4.79. The highest BCUT2D eigenvalue weighted by molar-refractivity contribution is 7.26. The summed E-state index contributed by atoms with van der Waals surface area (Å²) in [5.41, 5.74) is 2.29. The third kappa shape index (κ3) is 2.64. The summed E-state index contributed by atoms with van der Waals surface area (Å²) in [4.78, 5) is 4.53. The molecule has 0 fully saturated rings. The van der Waals surface area contributed by atoms with Gasteiger partial charge < -0.3 is 0 Å². The van der Waals surface area contributed by atoms with Crippen molar-refractivity contribution in [3.63, 3.8) is 0 Å². The van der Waals surface area contributed by atoms with Gasteiger partial charge in [0.15, 0.2) is 0 Å². The fourth-order valence-corrected chi connectivity index (χ4v) is 4.96. The predicted octanol–water partition coefficient (Wildman–Crippen LogP) is 7.70. The molecule has 2 heteroatoms. The van der Waals surface area contributed by atoms with Gasteiger partial charge >= 0.3 is 0 Å². The number of aromatic nitrogens is 1. The Hall–Kier alpha value is -2.71. The molecule has 132 valence electrons. The molecule has 2 heterocycles. The number of thiophene rings is 1. The summed E-state index contributed by atoms with van der Waals surface area (Å²) < 4.78 is 34.4. The first-order chi connectivity index (χ1) is 14.6. The van der Waals surface area contributed by atoms with Crippen LogP contribution in [0.4, 0.5) is 0 Å². The standard InChI is InChI=1S/C25H21NS/c1-15(2)21-13-23(26-14-16(21)3)20-10-6-9-19-22-11-17-7-4-5-8-18(17)12-24(22)27-25(19)20/h4-15H,1-3H3/i3D3,15D. The van der Waals surface area contributed by atoms with Crippen LogP contribution in [0.25, 0.3) is 42.2 Å². The van der Waals surface area contributed by atoms with Gasteiger partial charge in [-0.3, -0.25) is 4.98 Å². The lowest BCUT2D eigenvalue weighted by atomic mass is 9.97. The lowest BCUT2D eigenvalue weighted by Gasteiger charge is -2.11. The van der Waals surface area contributed by atoms with Crippen molar-refractivity contribution in [2.75, 3.05) is 0 Å². The molecule has 0 saturated carbocycles. The van der Waals surface area contributed by atoms with Crippen molar-refractivity contribution in [3.8, 4) is 11.3 Å². The Morgan fingerprint density at radius 1 is 0.963 bits per heavy atom. The fourth-order valence-electron chi connectivity index (χ4n) is 3.70. The van der Waals surface area contributed by atoms with E-state index in [4.69, 9.17) is 5.48 Å². The fraction of sp³-hybridized carbons (Fsp3) is 0.160. The van der Waals surface area contributed by atoms with Crippen LogP contribution in [-0.2, 0) is 0 Å². The lowest BCUT2D eigenvalue weighted by molar-refractivity contribution is 0.852. The molecule has 0 spiro atoms. The minimum Gasteiger partial charge on any atom is -0.256 e. The molecular formula is C25H21NS. The number of hydrogen-bond acceptors (Lipinski definition) is 2. The summed E-state index contributed by atoms with van der Waals surface area (Å²) in [7, 11) is 0. The van der Waals surface area contributed by atoms with Crippen LogP contribution in [0.2, 0.25) is 0 Å². The van der Waals surface area contributed by atoms with Gasteiger partial charge in [0, 0.05) is 37.4 Å². The Balaban J connectivity index is 1.78. The minimum absolute atomic E-state index is 0.144. The molecule has 0 unspecified atom stereocenters. The number of hydrogen-bond donors (Lipinski definition) is 0. The quantitative estimate of drug-likeness (QED) is 0.310. The van der Waals surface area contributed by atoms with Crippen LogP contribution < -0.4 is 0 Å². The molecule has 0 aliphatic rings. The van der Waals surface area contributed by atoms with Crippen molar-refractivity contribution in [2.45, 2.75) is 26.6 Å². The topological polar surface area (TPSA) is 12.9 Å². The third-order valence-corrected chi connectivity index (χ3v) is 6.29. The van der Waals surface area contributed by atoms with E-state index in [1.165, 1.54) is 27.1 Å². The summed E-state index contributed by atoms with van der Waals surface area (Å²) in [5.74, 6) is -1.05. The molecule has 0 saturated heterocycles. The molecule has 3 aromatic carbocycles. The highest BCUT2D eigenvalue weighted by Gasteiger charge is 2.13. The number of nitrogens with zero attached hydrogens (tertiary/aromatic N) is 1. The normalized spacial score (nSPS) is 14.9. The van der Waals surface area contributed by atoms with Crippen LogP contribution in [0.5, 0.6) is 0 Å². The van der Waals surface area contributed by atoms with Crippen LogP contribution in [-0.4, -0.2) is 4.98 Å². The number of fused-ring (bicyclic) bond motifs is 4. The van der Waals surface area contributed by atoms with E-state index >= 15 is 0 Å². The molecule has 27 heavy (non-hydrogen) atoms. The largest absolute Gasteiger partial charge is 0.256 e. The Kier molecular flexibility index (Phi) is 2.89. The zero-order chi connectivity index (χ0) is 22.0. The summed E-state index contributed by atoms with van der Waals surface area (Å²) in [6.07, 6.45) is 1.43. The molecular weight excluding hydrogens is 346 g/mol. The van der Waals surface area contributed by atoms with Crippen LogP contribution in [0.3, 0.4) is 0 Å². The molecule has 0 radical (unpaired) electrons. The van der Waals surface area contributed by atoms with E-state index in [1.54, 1.807) is 31.3 Å². The second kappa shape index (κ2) is 6.17. The van der Waals surface area contributed by atoms with Gasteiger partial charge in [-0.2, -0.15) is 0 Å². The van der Waals surface area contributed by atoms with Gasteiger partial charge in [-0.1, -0.05) is 56.3 Å². The molecule has 2 aromatic heterocycles. The minimum atomic E-state index is -2.30. The average molecular weight is 372 g/mol. The number of benzene rings is 3. The maximum Gasteiger partial charge on any atom is 0.0719 e. The van der Waals surface area contributed by atoms with Crippen LogP contribution in [0.1, 0.15) is 36.4 Å². The van der Waals surface area contributed by atoms with Crippen molar-refractivity contribution < 1.29 is 5.48 Å². The van der Waals surface area contributed by atoms with Crippen molar-refractivity contribution in [2.24, 2.45) is 0 Å². The van der Waals surface area contributed by atoms with E-state index in [9.17, 15) is 0 Å². The molecule has 5 rings (SSSR count). The van der Waals surface area contributed by atoms with Gasteiger partial charge in [-0.05, 0) is 52.8 Å². The Morgan fingerprint density at radius 2 is 1.78 bits per heavy atom. The number of aryl methyl sites for hydroxylation is 1. The van der Waals surface area contributed by atoms with Gasteiger partial charge in [0.25, 0.3) is 0 Å². The molecule has 0 amide bonds. The molecule has 0 N–H and O–H groups in total. The van der Waals surface area contributed by atoms with E-state index in [0.29, 0.717) is 11.3 Å². The van der Waals surface area contributed by atoms with Gasteiger partial charge in [0.05, 0.1) is 5.69 Å². The smallest absolute Gasteiger partial charge is 0.0719 e. The van der Waals surface area contributed by atoms with Gasteiger partial charge in [-0.15, -0.1) is 11.3 Å². The van der Waals surface area contributed by atoms with E-state index < -0.39 is 12.7 Å². The summed E-state index contributed by atoms with van der Waals surface area (Å²) >= 11 is 1.72. The van der Waals surface area contributed by atoms with E-state index in [1.807, 2.05) is 18.2 Å². The number of rotatable bonds is 2. The van der Waals surface area contributed by atoms with Gasteiger partial charge in [-0.25, -0.2) is 0 Å². The second-order valence-corrected chi connectivity index (χ2v) is 8.15. The summed E-state index contributed by atoms with van der Waals surface area (Å²) in [6, 6.07) is 20.8. The summed E-state index contributed by atoms with van der Waals surface area (Å²) in [6.45, 7) is 1.13. The van der Waals surface area contributed by atoms with Crippen molar-refractivity contribution in [1.82, 2.24) is 4.98 Å². The molecule has 0 bridgehead atoms. The highest BCUT2D eigenvalue weighted by Crippen LogP contribution is 2.41. The Labute approximate surface area is 168 Å². The first-order valence-electron chi connectivity index (χ1n) is 11.0. The van der Waals surface area contributed by atoms with Crippen LogP contribution in [0, 0.1) is 6.85 Å². The Bertz CT molecular complexity index is 1460. The zero-order valence-electron chi connectivity index (χ0n) is 19.2. The van der Waals surface area contributed by atoms with Crippen LogP contribution >= 0.6 is 11.3 Å². The molecule has 0 aliphatic heterocycles. The van der Waals surface area contributed by atoms with Crippen LogP contribution in [0.15, 0.2) is 66.9 Å². The first kappa shape index (κ1) is 12.6. The van der Waals surface area contributed by atoms with E-state index in [0.717, 1.165) is 15.6 Å². The highest BCUT2D eigenvalue weighted by atomic mass is 32.1. The van der Waals surface area contributed by atoms with Gasteiger partial charge in [0.2, 0.25) is 0 Å². The average Bonchev–Trinajstić information content (AvgIpc) is 3.08. The predicted molar refractivity (Wildman–Crippen MR) is 119 cm³/mol. The van der Waals surface area contributed by atoms with E-state index in [-0.39, 0.29) is 5.56 Å². The maximum atomic E-state index is 8.51. The van der Waals surface area contributed by atoms with Crippen molar-refractivity contribution in [1.29, 1.82) is 0 Å². The zero-order valence-corrected chi connectivity index (χ0v) is 16.0. The molecule has 0 aliphatic carbocycles. The molecule has 1 nitrogen and oxygen atoms in total. The molecule has 5 aromatic rings. The SMILES string of the molecule is [2H]C([2H])([2H])c1cnc(-c2cccc3c2sc2cc4ccccc4cc23)cc1C([2H])(C)C. The molecule has 0 atom stereocenters. The van der Waals surface area contributed by atoms with Crippen molar-refractivity contribution >= 4 is 42.3 Å². The monoisotopic (exact) mass is 371 g/mol. The van der Waals surface area contributed by atoms with E-state index in [2.05, 4.69) is 41.4 Å². The second-order valence-electron chi connectivity index (χ2n) is 7.09. The lowest BCUT2D eigenvalue weighted by Crippen LogP contribution is -1.95. The third-order valence-electron chi connectivity index (χ3n) is 5.08. The Morgan fingerprint density at radius 3 is 2.56 bits per heavy atom. The maximum absolute atomic E-state index is 8.51.